The van der Waals surface area contributed by atoms with Gasteiger partial charge in [0, 0.05) is 35.1 Å². The molecule has 3 aromatic rings. The molecule has 0 saturated heterocycles. The van der Waals surface area contributed by atoms with E-state index in [9.17, 15) is 9.59 Å². The summed E-state index contributed by atoms with van der Waals surface area (Å²) < 4.78 is 0. The molecule has 0 fully saturated rings. The number of aromatic nitrogens is 1. The van der Waals surface area contributed by atoms with Crippen LogP contribution in [-0.4, -0.2) is 10.9 Å². The number of carbonyl (C=O) groups is 1. The van der Waals surface area contributed by atoms with Crippen LogP contribution in [0.15, 0.2) is 59.4 Å². The summed E-state index contributed by atoms with van der Waals surface area (Å²) in [5.74, 6) is -0.0502. The Hall–Kier alpha value is -2.88. The minimum absolute atomic E-state index is 0.0118. The van der Waals surface area contributed by atoms with Crippen molar-refractivity contribution in [3.63, 3.8) is 0 Å². The van der Waals surface area contributed by atoms with E-state index >= 15 is 0 Å². The largest absolute Gasteiger partial charge is 0.358 e. The van der Waals surface area contributed by atoms with Gasteiger partial charge in [0.05, 0.1) is 0 Å². The van der Waals surface area contributed by atoms with Crippen LogP contribution >= 0.6 is 0 Å². The van der Waals surface area contributed by atoms with Crippen LogP contribution in [0.1, 0.15) is 23.2 Å². The number of benzene rings is 2. The van der Waals surface area contributed by atoms with E-state index in [4.69, 9.17) is 0 Å². The van der Waals surface area contributed by atoms with Crippen molar-refractivity contribution < 1.29 is 4.79 Å². The van der Waals surface area contributed by atoms with E-state index in [1.807, 2.05) is 61.5 Å². The first-order valence-electron chi connectivity index (χ1n) is 8.06. The molecule has 0 bridgehead atoms. The molecule has 0 saturated carbocycles. The highest BCUT2D eigenvalue weighted by molar-refractivity contribution is 5.80. The van der Waals surface area contributed by atoms with Crippen LogP contribution < -0.4 is 10.7 Å². The third kappa shape index (κ3) is 3.54. The summed E-state index contributed by atoms with van der Waals surface area (Å²) in [4.78, 5) is 27.9. The fourth-order valence-corrected chi connectivity index (χ4v) is 2.82. The van der Waals surface area contributed by atoms with E-state index in [2.05, 4.69) is 10.3 Å². The van der Waals surface area contributed by atoms with Crippen LogP contribution in [0.3, 0.4) is 0 Å². The molecule has 0 aliphatic heterocycles. The first kappa shape index (κ1) is 16.0. The molecule has 0 atom stereocenters. The maximum absolute atomic E-state index is 12.6. The molecule has 2 N–H and O–H groups in total. The van der Waals surface area contributed by atoms with Gasteiger partial charge in [0.25, 0.3) is 0 Å². The number of para-hydroxylation sites is 1. The Morgan fingerprint density at radius 1 is 1.04 bits per heavy atom. The summed E-state index contributed by atoms with van der Waals surface area (Å²) in [6.45, 7) is 2.39. The number of fused-ring (bicyclic) bond motifs is 1. The van der Waals surface area contributed by atoms with Crippen LogP contribution in [0, 0.1) is 6.92 Å². The van der Waals surface area contributed by atoms with Crippen molar-refractivity contribution in [1.82, 2.24) is 10.3 Å². The second-order valence-electron chi connectivity index (χ2n) is 5.87. The van der Waals surface area contributed by atoms with Crippen LogP contribution in [0.4, 0.5) is 0 Å². The number of aromatic amines is 1. The minimum atomic E-state index is -0.0502. The molecule has 1 heterocycles. The van der Waals surface area contributed by atoms with Gasteiger partial charge >= 0.3 is 0 Å². The highest BCUT2D eigenvalue weighted by Crippen LogP contribution is 2.12. The van der Waals surface area contributed by atoms with Crippen molar-refractivity contribution in [2.75, 3.05) is 0 Å². The molecular formula is C20H20N2O2. The van der Waals surface area contributed by atoms with Gasteiger partial charge in [-0.25, -0.2) is 0 Å². The van der Waals surface area contributed by atoms with Crippen molar-refractivity contribution in [2.24, 2.45) is 0 Å². The maximum Gasteiger partial charge on any atom is 0.220 e. The summed E-state index contributed by atoms with van der Waals surface area (Å²) in [7, 11) is 0. The van der Waals surface area contributed by atoms with Gasteiger partial charge in [-0.2, -0.15) is 0 Å². The number of hydrogen-bond donors (Lipinski definition) is 2. The molecule has 1 amide bonds. The van der Waals surface area contributed by atoms with Crippen molar-refractivity contribution in [3.8, 4) is 0 Å². The van der Waals surface area contributed by atoms with Gasteiger partial charge in [-0.1, -0.05) is 42.5 Å². The monoisotopic (exact) mass is 320 g/mol. The minimum Gasteiger partial charge on any atom is -0.358 e. The van der Waals surface area contributed by atoms with Crippen molar-refractivity contribution in [1.29, 1.82) is 0 Å². The molecule has 24 heavy (non-hydrogen) atoms. The van der Waals surface area contributed by atoms with Gasteiger partial charge in [0.15, 0.2) is 5.43 Å². The molecule has 4 nitrogen and oxygen atoms in total. The zero-order valence-electron chi connectivity index (χ0n) is 13.6. The van der Waals surface area contributed by atoms with Crippen LogP contribution in [0.5, 0.6) is 0 Å². The molecule has 122 valence electrons. The van der Waals surface area contributed by atoms with E-state index in [0.29, 0.717) is 30.3 Å². The van der Waals surface area contributed by atoms with Gasteiger partial charge in [0.2, 0.25) is 5.91 Å². The first-order valence-corrected chi connectivity index (χ1v) is 8.06. The molecule has 0 unspecified atom stereocenters. The van der Waals surface area contributed by atoms with E-state index in [1.54, 1.807) is 0 Å². The summed E-state index contributed by atoms with van der Waals surface area (Å²) in [6.07, 6.45) is 0.738. The Balaban J connectivity index is 1.67. The molecule has 3 rings (SSSR count). The van der Waals surface area contributed by atoms with Crippen molar-refractivity contribution in [2.45, 2.75) is 26.3 Å². The zero-order chi connectivity index (χ0) is 16.9. The van der Waals surface area contributed by atoms with E-state index < -0.39 is 0 Å². The van der Waals surface area contributed by atoms with Gasteiger partial charge in [-0.15, -0.1) is 0 Å². The van der Waals surface area contributed by atoms with Crippen LogP contribution in [0.25, 0.3) is 10.9 Å². The van der Waals surface area contributed by atoms with Gasteiger partial charge in [0.1, 0.15) is 0 Å². The number of amides is 1. The number of hydrogen-bond acceptors (Lipinski definition) is 2. The topological polar surface area (TPSA) is 62.0 Å². The molecule has 0 radical (unpaired) electrons. The lowest BCUT2D eigenvalue weighted by atomic mass is 10.0. The molecular weight excluding hydrogens is 300 g/mol. The van der Waals surface area contributed by atoms with Crippen molar-refractivity contribution in [3.05, 3.63) is 81.6 Å². The quantitative estimate of drug-likeness (QED) is 0.759. The predicted molar refractivity (Wildman–Crippen MR) is 95.9 cm³/mol. The van der Waals surface area contributed by atoms with Gasteiger partial charge in [-0.3, -0.25) is 9.59 Å². The molecule has 0 aliphatic rings. The molecule has 1 aromatic heterocycles. The maximum atomic E-state index is 12.6. The zero-order valence-corrected chi connectivity index (χ0v) is 13.6. The van der Waals surface area contributed by atoms with E-state index in [-0.39, 0.29) is 11.3 Å². The highest BCUT2D eigenvalue weighted by Gasteiger charge is 2.11. The average Bonchev–Trinajstić information content (AvgIpc) is 2.60. The van der Waals surface area contributed by atoms with E-state index in [0.717, 1.165) is 16.8 Å². The second-order valence-corrected chi connectivity index (χ2v) is 5.87. The Labute approximate surface area is 140 Å². The summed E-state index contributed by atoms with van der Waals surface area (Å²) in [5, 5.41) is 3.56. The lowest BCUT2D eigenvalue weighted by molar-refractivity contribution is -0.121. The summed E-state index contributed by atoms with van der Waals surface area (Å²) >= 11 is 0. The number of nitrogens with one attached hydrogen (secondary N) is 2. The fraction of sp³-hybridized carbons (Fsp3) is 0.200. The number of aryl methyl sites for hydroxylation is 1. The SMILES string of the molecule is Cc1[nH]c2ccccc2c(=O)c1CCC(=O)NCc1ccccc1. The lowest BCUT2D eigenvalue weighted by Gasteiger charge is -2.09. The third-order valence-electron chi connectivity index (χ3n) is 4.16. The molecule has 0 spiro atoms. The number of H-pyrrole nitrogens is 1. The Morgan fingerprint density at radius 3 is 2.54 bits per heavy atom. The smallest absolute Gasteiger partial charge is 0.220 e. The summed E-state index contributed by atoms with van der Waals surface area (Å²) in [5.41, 5.74) is 3.42. The normalized spacial score (nSPS) is 10.7. The number of pyridine rings is 1. The van der Waals surface area contributed by atoms with Crippen LogP contribution in [0.2, 0.25) is 0 Å². The molecule has 0 aliphatic carbocycles. The van der Waals surface area contributed by atoms with E-state index in [1.165, 1.54) is 0 Å². The Kier molecular flexibility index (Phi) is 4.75. The third-order valence-corrected chi connectivity index (χ3v) is 4.16. The second kappa shape index (κ2) is 7.13. The number of rotatable bonds is 5. The Bertz CT molecular complexity index is 914. The molecule has 4 heteroatoms. The Morgan fingerprint density at radius 2 is 1.75 bits per heavy atom. The average molecular weight is 320 g/mol. The number of carbonyl (C=O) groups excluding carboxylic acids is 1. The molecule has 2 aromatic carbocycles. The highest BCUT2D eigenvalue weighted by atomic mass is 16.1. The lowest BCUT2D eigenvalue weighted by Crippen LogP contribution is -2.24. The fourth-order valence-electron chi connectivity index (χ4n) is 2.82. The van der Waals surface area contributed by atoms with Crippen LogP contribution in [-0.2, 0) is 17.8 Å². The summed E-state index contributed by atoms with van der Waals surface area (Å²) in [6, 6.07) is 17.2. The van der Waals surface area contributed by atoms with Crippen molar-refractivity contribution >= 4 is 16.8 Å². The van der Waals surface area contributed by atoms with Gasteiger partial charge < -0.3 is 10.3 Å². The predicted octanol–water partition coefficient (Wildman–Crippen LogP) is 3.09. The van der Waals surface area contributed by atoms with Gasteiger partial charge in [-0.05, 0) is 31.0 Å². The first-order chi connectivity index (χ1) is 11.6. The standard InChI is InChI=1S/C20H20N2O2/c1-14-16(20(24)17-9-5-6-10-18(17)22-14)11-12-19(23)21-13-15-7-3-2-4-8-15/h2-10H,11-13H2,1H3,(H,21,23)(H,22,24).